The van der Waals surface area contributed by atoms with Crippen molar-refractivity contribution in [3.8, 4) is 5.75 Å². The van der Waals surface area contributed by atoms with Crippen molar-refractivity contribution in [2.45, 2.75) is 0 Å². The summed E-state index contributed by atoms with van der Waals surface area (Å²) in [5.74, 6) is -2.00. The molecule has 2 N–H and O–H groups in total. The van der Waals surface area contributed by atoms with Crippen LogP contribution in [0.15, 0.2) is 41.3 Å². The lowest BCUT2D eigenvalue weighted by Crippen LogP contribution is -2.36. The fourth-order valence-corrected chi connectivity index (χ4v) is 3.68. The third kappa shape index (κ3) is 4.46. The van der Waals surface area contributed by atoms with Crippen LogP contribution in [-0.4, -0.2) is 33.6 Å². The first-order valence-corrected chi connectivity index (χ1v) is 9.30. The van der Waals surface area contributed by atoms with Crippen molar-refractivity contribution in [1.29, 1.82) is 0 Å². The number of thioether (sulfide) groups is 1. The van der Waals surface area contributed by atoms with Crippen LogP contribution in [0.2, 0.25) is 10.0 Å². The first-order chi connectivity index (χ1) is 13.2. The molecule has 1 aliphatic heterocycles. The zero-order chi connectivity index (χ0) is 20.4. The largest absolute Gasteiger partial charge is 0.505 e. The molecule has 3 rings (SSSR count). The molecule has 28 heavy (non-hydrogen) atoms. The normalized spacial score (nSPS) is 15.4. The molecule has 0 atom stereocenters. The van der Waals surface area contributed by atoms with Gasteiger partial charge in [0.15, 0.2) is 5.75 Å². The van der Waals surface area contributed by atoms with E-state index in [-0.39, 0.29) is 20.7 Å². The maximum Gasteiger partial charge on any atom is 0.294 e. The van der Waals surface area contributed by atoms with E-state index in [2.05, 4.69) is 5.32 Å². The summed E-state index contributed by atoms with van der Waals surface area (Å²) < 4.78 is 12.9. The highest BCUT2D eigenvalue weighted by Crippen LogP contribution is 2.36. The average molecular weight is 441 g/mol. The van der Waals surface area contributed by atoms with E-state index in [1.807, 2.05) is 0 Å². The highest BCUT2D eigenvalue weighted by Gasteiger charge is 2.36. The molecule has 1 saturated heterocycles. The molecule has 3 amide bonds. The summed E-state index contributed by atoms with van der Waals surface area (Å²) in [6, 6.07) is 7.84. The molecule has 0 aliphatic carbocycles. The Balaban J connectivity index is 1.72. The number of benzene rings is 2. The quantitative estimate of drug-likeness (QED) is 0.682. The Labute approximate surface area is 172 Å². The van der Waals surface area contributed by atoms with Crippen LogP contribution in [0.25, 0.3) is 6.08 Å². The summed E-state index contributed by atoms with van der Waals surface area (Å²) in [5, 5.41) is 11.4. The van der Waals surface area contributed by atoms with Crippen LogP contribution in [-0.2, 0) is 9.59 Å². The van der Waals surface area contributed by atoms with E-state index in [9.17, 15) is 23.9 Å². The molecule has 0 spiro atoms. The van der Waals surface area contributed by atoms with E-state index in [4.69, 9.17) is 23.2 Å². The van der Waals surface area contributed by atoms with Crippen molar-refractivity contribution in [2.75, 3.05) is 11.9 Å². The Hall–Kier alpha value is -2.55. The van der Waals surface area contributed by atoms with E-state index >= 15 is 0 Å². The predicted octanol–water partition coefficient (Wildman–Crippen LogP) is 4.51. The minimum absolute atomic E-state index is 0.00310. The maximum atomic E-state index is 12.9. The predicted molar refractivity (Wildman–Crippen MR) is 106 cm³/mol. The van der Waals surface area contributed by atoms with Crippen LogP contribution in [0.1, 0.15) is 5.56 Å². The second kappa shape index (κ2) is 8.22. The number of phenolic OH excluding ortho intramolecular Hbond substituents is 1. The molecule has 6 nitrogen and oxygen atoms in total. The summed E-state index contributed by atoms with van der Waals surface area (Å²) in [6.07, 6.45) is 1.39. The molecule has 144 valence electrons. The van der Waals surface area contributed by atoms with Gasteiger partial charge in [-0.05, 0) is 59.8 Å². The summed E-state index contributed by atoms with van der Waals surface area (Å²) in [5.41, 5.74) is 0.747. The number of halogens is 3. The molecular formula is C18H11Cl2FN2O4S. The number of nitrogens with one attached hydrogen (secondary N) is 1. The Kier molecular flexibility index (Phi) is 5.93. The lowest BCUT2D eigenvalue weighted by atomic mass is 10.2. The zero-order valence-electron chi connectivity index (χ0n) is 13.9. The number of hydrogen-bond donors (Lipinski definition) is 2. The second-order valence-electron chi connectivity index (χ2n) is 5.66. The van der Waals surface area contributed by atoms with E-state index in [0.29, 0.717) is 23.0 Å². The third-order valence-corrected chi connectivity index (χ3v) is 5.12. The van der Waals surface area contributed by atoms with Crippen molar-refractivity contribution in [3.63, 3.8) is 0 Å². The first-order valence-electron chi connectivity index (χ1n) is 7.73. The molecule has 0 saturated carbocycles. The van der Waals surface area contributed by atoms with E-state index in [0.717, 1.165) is 4.90 Å². The van der Waals surface area contributed by atoms with Crippen LogP contribution in [0.4, 0.5) is 14.9 Å². The number of amides is 3. The monoisotopic (exact) mass is 440 g/mol. The molecule has 2 aromatic carbocycles. The van der Waals surface area contributed by atoms with Crippen LogP contribution in [0.3, 0.4) is 0 Å². The van der Waals surface area contributed by atoms with Gasteiger partial charge in [-0.3, -0.25) is 19.3 Å². The highest BCUT2D eigenvalue weighted by molar-refractivity contribution is 8.18. The van der Waals surface area contributed by atoms with Crippen molar-refractivity contribution < 1.29 is 23.9 Å². The molecule has 1 aliphatic rings. The Morgan fingerprint density at radius 1 is 1.18 bits per heavy atom. The maximum absolute atomic E-state index is 12.9. The fraction of sp³-hybridized carbons (Fsp3) is 0.0556. The number of anilines is 1. The van der Waals surface area contributed by atoms with Gasteiger partial charge in [0.2, 0.25) is 5.91 Å². The van der Waals surface area contributed by atoms with Gasteiger partial charge >= 0.3 is 0 Å². The number of carbonyl (C=O) groups is 3. The van der Waals surface area contributed by atoms with E-state index < -0.39 is 29.4 Å². The zero-order valence-corrected chi connectivity index (χ0v) is 16.2. The van der Waals surface area contributed by atoms with Crippen molar-refractivity contribution in [2.24, 2.45) is 0 Å². The van der Waals surface area contributed by atoms with Crippen LogP contribution >= 0.6 is 35.0 Å². The van der Waals surface area contributed by atoms with Gasteiger partial charge < -0.3 is 10.4 Å². The number of rotatable bonds is 4. The van der Waals surface area contributed by atoms with Gasteiger partial charge in [-0.15, -0.1) is 0 Å². The second-order valence-corrected chi connectivity index (χ2v) is 7.46. The molecule has 2 aromatic rings. The minimum atomic E-state index is -0.649. The molecular weight excluding hydrogens is 430 g/mol. The number of carbonyl (C=O) groups excluding carboxylic acids is 3. The molecule has 0 aromatic heterocycles. The Bertz CT molecular complexity index is 988. The lowest BCUT2D eigenvalue weighted by molar-refractivity contribution is -0.127. The van der Waals surface area contributed by atoms with Crippen LogP contribution in [0.5, 0.6) is 5.75 Å². The molecule has 1 heterocycles. The van der Waals surface area contributed by atoms with Gasteiger partial charge in [0.25, 0.3) is 11.1 Å². The van der Waals surface area contributed by atoms with Crippen molar-refractivity contribution in [1.82, 2.24) is 4.90 Å². The topological polar surface area (TPSA) is 86.7 Å². The number of aromatic hydroxyl groups is 1. The summed E-state index contributed by atoms with van der Waals surface area (Å²) in [4.78, 5) is 37.5. The molecule has 0 bridgehead atoms. The molecule has 10 heteroatoms. The molecule has 0 radical (unpaired) electrons. The van der Waals surface area contributed by atoms with Gasteiger partial charge in [0.05, 0.1) is 15.0 Å². The van der Waals surface area contributed by atoms with Gasteiger partial charge in [-0.2, -0.15) is 0 Å². The summed E-state index contributed by atoms with van der Waals surface area (Å²) in [6.45, 7) is -0.490. The highest BCUT2D eigenvalue weighted by atomic mass is 35.5. The summed E-state index contributed by atoms with van der Waals surface area (Å²) in [7, 11) is 0. The first kappa shape index (κ1) is 20.2. The number of nitrogens with zero attached hydrogens (tertiary/aromatic N) is 1. The minimum Gasteiger partial charge on any atom is -0.505 e. The average Bonchev–Trinajstić information content (AvgIpc) is 2.89. The van der Waals surface area contributed by atoms with E-state index in [1.165, 1.54) is 42.5 Å². The third-order valence-electron chi connectivity index (χ3n) is 3.64. The Morgan fingerprint density at radius 3 is 2.39 bits per heavy atom. The standard InChI is InChI=1S/C18H11Cl2FN2O4S/c19-12-5-9(6-13(20)16(12)25)7-14-17(26)23(18(27)28-14)8-15(24)22-11-3-1-10(21)2-4-11/h1-7,25H,8H2,(H,22,24)/b14-7-. The number of phenols is 1. The van der Waals surface area contributed by atoms with Gasteiger partial charge in [-0.25, -0.2) is 4.39 Å². The van der Waals surface area contributed by atoms with Crippen LogP contribution in [0, 0.1) is 5.82 Å². The number of hydrogen-bond acceptors (Lipinski definition) is 5. The van der Waals surface area contributed by atoms with Gasteiger partial charge in [0, 0.05) is 5.69 Å². The summed E-state index contributed by atoms with van der Waals surface area (Å²) >= 11 is 12.4. The fourth-order valence-electron chi connectivity index (χ4n) is 2.33. The van der Waals surface area contributed by atoms with Gasteiger partial charge in [-0.1, -0.05) is 23.2 Å². The van der Waals surface area contributed by atoms with Crippen LogP contribution < -0.4 is 5.32 Å². The Morgan fingerprint density at radius 2 is 1.79 bits per heavy atom. The van der Waals surface area contributed by atoms with Crippen molar-refractivity contribution >= 4 is 63.8 Å². The van der Waals surface area contributed by atoms with E-state index in [1.54, 1.807) is 0 Å². The molecule has 1 fully saturated rings. The van der Waals surface area contributed by atoms with Crippen molar-refractivity contribution in [3.05, 3.63) is 62.7 Å². The smallest absolute Gasteiger partial charge is 0.294 e. The number of imide groups is 1. The SMILES string of the molecule is O=C(CN1C(=O)S/C(=C\c2cc(Cl)c(O)c(Cl)c2)C1=O)Nc1ccc(F)cc1. The van der Waals surface area contributed by atoms with Gasteiger partial charge in [0.1, 0.15) is 12.4 Å². The molecule has 0 unspecified atom stereocenters. The lowest BCUT2D eigenvalue weighted by Gasteiger charge is -2.12.